The van der Waals surface area contributed by atoms with Gasteiger partial charge in [0.2, 0.25) is 11.8 Å². The van der Waals surface area contributed by atoms with Gasteiger partial charge in [0, 0.05) is 19.1 Å². The van der Waals surface area contributed by atoms with Crippen molar-refractivity contribution in [2.75, 3.05) is 19.6 Å². The number of nitrogens with zero attached hydrogens (tertiary/aromatic N) is 2. The first-order valence-corrected chi connectivity index (χ1v) is 9.46. The summed E-state index contributed by atoms with van der Waals surface area (Å²) in [5.74, 6) is -0.198. The van der Waals surface area contributed by atoms with Crippen molar-refractivity contribution in [2.45, 2.75) is 31.4 Å². The van der Waals surface area contributed by atoms with Crippen molar-refractivity contribution in [3.63, 3.8) is 0 Å². The van der Waals surface area contributed by atoms with E-state index in [4.69, 9.17) is 0 Å². The van der Waals surface area contributed by atoms with Crippen LogP contribution in [-0.2, 0) is 28.9 Å². The Bertz CT molecular complexity index is 811. The Kier molecular flexibility index (Phi) is 4.94. The second-order valence-corrected chi connectivity index (χ2v) is 7.47. The van der Waals surface area contributed by atoms with Gasteiger partial charge in [-0.1, -0.05) is 54.6 Å². The number of rotatable bonds is 3. The molecule has 0 saturated carbocycles. The van der Waals surface area contributed by atoms with Crippen molar-refractivity contribution in [2.24, 2.45) is 0 Å². The lowest BCUT2D eigenvalue weighted by molar-refractivity contribution is -0.139. The minimum atomic E-state index is -0.722. The third-order valence-electron chi connectivity index (χ3n) is 5.51. The number of carbonyl (C=O) groups excluding carboxylic acids is 2. The molecule has 5 heteroatoms. The Morgan fingerprint density at radius 1 is 0.963 bits per heavy atom. The highest BCUT2D eigenvalue weighted by molar-refractivity contribution is 5.86. The summed E-state index contributed by atoms with van der Waals surface area (Å²) >= 11 is 0. The van der Waals surface area contributed by atoms with E-state index >= 15 is 0 Å². The summed E-state index contributed by atoms with van der Waals surface area (Å²) in [7, 11) is 0. The standard InChI is InChI=1S/C22H24N2O3/c25-20-13-23(21(26)10-16-6-2-1-3-7-16)15-22(27)24(14-20)19-11-17-8-4-5-9-18(17)12-19/h1-9,19-20,25H,10-15H2. The molecular weight excluding hydrogens is 340 g/mol. The molecular formula is C22H24N2O3. The Labute approximate surface area is 159 Å². The average Bonchev–Trinajstić information content (AvgIpc) is 3.03. The molecule has 0 radical (unpaired) electrons. The van der Waals surface area contributed by atoms with E-state index in [1.165, 1.54) is 16.0 Å². The Balaban J connectivity index is 1.45. The minimum Gasteiger partial charge on any atom is -0.389 e. The van der Waals surface area contributed by atoms with Crippen LogP contribution in [-0.4, -0.2) is 58.5 Å². The van der Waals surface area contributed by atoms with Crippen molar-refractivity contribution < 1.29 is 14.7 Å². The number of hydrogen-bond acceptors (Lipinski definition) is 3. The molecule has 1 heterocycles. The number of carbonyl (C=O) groups is 2. The van der Waals surface area contributed by atoms with Crippen LogP contribution in [0.25, 0.3) is 0 Å². The van der Waals surface area contributed by atoms with Crippen LogP contribution in [0.2, 0.25) is 0 Å². The fraction of sp³-hybridized carbons (Fsp3) is 0.364. The number of benzene rings is 2. The summed E-state index contributed by atoms with van der Waals surface area (Å²) in [6.07, 6.45) is 1.15. The first-order valence-electron chi connectivity index (χ1n) is 9.46. The number of amides is 2. The van der Waals surface area contributed by atoms with Gasteiger partial charge in [0.25, 0.3) is 0 Å². The number of β-amino-alcohol motifs (C(OH)–C–C–N with tert-alkyl or cyclic N) is 1. The second-order valence-electron chi connectivity index (χ2n) is 7.47. The van der Waals surface area contributed by atoms with E-state index in [9.17, 15) is 14.7 Å². The number of aliphatic hydroxyl groups is 1. The summed E-state index contributed by atoms with van der Waals surface area (Å²) in [5.41, 5.74) is 3.45. The summed E-state index contributed by atoms with van der Waals surface area (Å²) in [5, 5.41) is 10.5. The van der Waals surface area contributed by atoms with Gasteiger partial charge in [0.05, 0.1) is 19.1 Å². The van der Waals surface area contributed by atoms with Gasteiger partial charge < -0.3 is 14.9 Å². The van der Waals surface area contributed by atoms with Gasteiger partial charge in [-0.2, -0.15) is 0 Å². The van der Waals surface area contributed by atoms with Gasteiger partial charge in [-0.25, -0.2) is 0 Å². The molecule has 1 saturated heterocycles. The number of fused-ring (bicyclic) bond motifs is 1. The molecule has 2 aliphatic rings. The SMILES string of the molecule is O=C(Cc1ccccc1)N1CC(=O)N(C2Cc3ccccc3C2)CC(O)C1. The quantitative estimate of drug-likeness (QED) is 0.896. The second kappa shape index (κ2) is 7.53. The third kappa shape index (κ3) is 3.88. The fourth-order valence-corrected chi connectivity index (χ4v) is 4.14. The largest absolute Gasteiger partial charge is 0.389 e. The van der Waals surface area contributed by atoms with Gasteiger partial charge in [0.15, 0.2) is 0 Å². The molecule has 27 heavy (non-hydrogen) atoms. The van der Waals surface area contributed by atoms with E-state index in [2.05, 4.69) is 12.1 Å². The highest BCUT2D eigenvalue weighted by atomic mass is 16.3. The number of aliphatic hydroxyl groups excluding tert-OH is 1. The maximum Gasteiger partial charge on any atom is 0.242 e. The topological polar surface area (TPSA) is 60.9 Å². The zero-order valence-corrected chi connectivity index (χ0v) is 15.3. The van der Waals surface area contributed by atoms with Gasteiger partial charge in [-0.05, 0) is 29.5 Å². The van der Waals surface area contributed by atoms with Crippen LogP contribution < -0.4 is 0 Å². The molecule has 1 atom stereocenters. The molecule has 0 bridgehead atoms. The third-order valence-corrected chi connectivity index (χ3v) is 5.51. The molecule has 1 aliphatic carbocycles. The van der Waals surface area contributed by atoms with E-state index in [1.807, 2.05) is 42.5 Å². The molecule has 1 N–H and O–H groups in total. The molecule has 1 fully saturated rings. The van der Waals surface area contributed by atoms with E-state index in [0.29, 0.717) is 0 Å². The molecule has 1 aliphatic heterocycles. The average molecular weight is 364 g/mol. The molecule has 2 amide bonds. The van der Waals surface area contributed by atoms with Crippen LogP contribution in [0, 0.1) is 0 Å². The molecule has 0 spiro atoms. The predicted molar refractivity (Wildman–Crippen MR) is 102 cm³/mol. The highest BCUT2D eigenvalue weighted by Crippen LogP contribution is 2.26. The summed E-state index contributed by atoms with van der Waals surface area (Å²) in [4.78, 5) is 28.8. The zero-order valence-electron chi connectivity index (χ0n) is 15.3. The lowest BCUT2D eigenvalue weighted by Crippen LogP contribution is -2.45. The van der Waals surface area contributed by atoms with Crippen LogP contribution in [0.15, 0.2) is 54.6 Å². The van der Waals surface area contributed by atoms with Crippen molar-refractivity contribution >= 4 is 11.8 Å². The van der Waals surface area contributed by atoms with Crippen LogP contribution in [0.5, 0.6) is 0 Å². The maximum atomic E-state index is 12.9. The normalized spacial score (nSPS) is 20.5. The monoisotopic (exact) mass is 364 g/mol. The molecule has 2 aromatic rings. The first-order chi connectivity index (χ1) is 13.1. The smallest absolute Gasteiger partial charge is 0.242 e. The Morgan fingerprint density at radius 3 is 2.26 bits per heavy atom. The van der Waals surface area contributed by atoms with Crippen LogP contribution in [0.4, 0.5) is 0 Å². The van der Waals surface area contributed by atoms with E-state index in [-0.39, 0.29) is 43.9 Å². The van der Waals surface area contributed by atoms with E-state index in [0.717, 1.165) is 18.4 Å². The van der Waals surface area contributed by atoms with Crippen LogP contribution in [0.3, 0.4) is 0 Å². The van der Waals surface area contributed by atoms with E-state index < -0.39 is 6.10 Å². The summed E-state index contributed by atoms with van der Waals surface area (Å²) in [6.45, 7) is 0.524. The zero-order chi connectivity index (χ0) is 18.8. The summed E-state index contributed by atoms with van der Waals surface area (Å²) in [6, 6.07) is 17.8. The Hall–Kier alpha value is -2.66. The van der Waals surface area contributed by atoms with Crippen LogP contribution >= 0.6 is 0 Å². The van der Waals surface area contributed by atoms with E-state index in [1.54, 1.807) is 4.90 Å². The molecule has 140 valence electrons. The van der Waals surface area contributed by atoms with Gasteiger partial charge >= 0.3 is 0 Å². The lowest BCUT2D eigenvalue weighted by Gasteiger charge is -2.28. The summed E-state index contributed by atoms with van der Waals surface area (Å²) < 4.78 is 0. The molecule has 2 aromatic carbocycles. The first kappa shape index (κ1) is 17.7. The van der Waals surface area contributed by atoms with Crippen molar-refractivity contribution in [3.8, 4) is 0 Å². The maximum absolute atomic E-state index is 12.9. The molecule has 5 nitrogen and oxygen atoms in total. The van der Waals surface area contributed by atoms with Crippen LogP contribution in [0.1, 0.15) is 16.7 Å². The highest BCUT2D eigenvalue weighted by Gasteiger charge is 2.35. The van der Waals surface area contributed by atoms with Gasteiger partial charge in [-0.3, -0.25) is 9.59 Å². The lowest BCUT2D eigenvalue weighted by atomic mass is 10.1. The van der Waals surface area contributed by atoms with Gasteiger partial charge in [-0.15, -0.1) is 0 Å². The predicted octanol–water partition coefficient (Wildman–Crippen LogP) is 1.43. The van der Waals surface area contributed by atoms with Crippen molar-refractivity contribution in [3.05, 3.63) is 71.3 Å². The molecule has 4 rings (SSSR count). The Morgan fingerprint density at radius 2 is 1.59 bits per heavy atom. The minimum absolute atomic E-state index is 0.0373. The molecule has 1 unspecified atom stereocenters. The van der Waals surface area contributed by atoms with Crippen molar-refractivity contribution in [1.29, 1.82) is 0 Å². The number of hydrogen-bond donors (Lipinski definition) is 1. The fourth-order valence-electron chi connectivity index (χ4n) is 4.14. The molecule has 0 aromatic heterocycles. The van der Waals surface area contributed by atoms with Gasteiger partial charge in [0.1, 0.15) is 0 Å². The van der Waals surface area contributed by atoms with Crippen molar-refractivity contribution in [1.82, 2.24) is 9.80 Å².